The van der Waals surface area contributed by atoms with Crippen LogP contribution in [0, 0.1) is 11.8 Å². The van der Waals surface area contributed by atoms with Gasteiger partial charge in [0.15, 0.2) is 17.3 Å². The Bertz CT molecular complexity index is 978. The van der Waals surface area contributed by atoms with E-state index in [-0.39, 0.29) is 5.92 Å². The molecule has 5 rings (SSSR count). The van der Waals surface area contributed by atoms with E-state index in [1.165, 1.54) is 29.5 Å². The van der Waals surface area contributed by atoms with E-state index in [1.807, 2.05) is 19.9 Å². The van der Waals surface area contributed by atoms with Crippen LogP contribution in [0.25, 0.3) is 0 Å². The van der Waals surface area contributed by atoms with Crippen molar-refractivity contribution >= 4 is 5.78 Å². The van der Waals surface area contributed by atoms with Crippen molar-refractivity contribution in [3.63, 3.8) is 0 Å². The standard InChI is InChI=1S/C29H37NO3/c1-3-32-26-18-25-27-22(11-8-12-23(27)29(26)33-4-2)24(28(25)31)17-20-13-15-30(16-14-20)19-21-9-6-5-7-10-21/h5-7,9-10,18,20,22,24H,3-4,8,11-17,19H2,1-2H3. The van der Waals surface area contributed by atoms with Crippen molar-refractivity contribution in [2.75, 3.05) is 26.3 Å². The van der Waals surface area contributed by atoms with Gasteiger partial charge in [0.2, 0.25) is 0 Å². The molecule has 0 saturated carbocycles. The second-order valence-electron chi connectivity index (χ2n) is 9.92. The quantitative estimate of drug-likeness (QED) is 0.496. The summed E-state index contributed by atoms with van der Waals surface area (Å²) in [6.45, 7) is 8.52. The molecule has 0 amide bonds. The predicted octanol–water partition coefficient (Wildman–Crippen LogP) is 6.02. The highest BCUT2D eigenvalue weighted by atomic mass is 16.5. The van der Waals surface area contributed by atoms with E-state index in [0.29, 0.717) is 30.8 Å². The van der Waals surface area contributed by atoms with Crippen LogP contribution in [0.1, 0.15) is 78.9 Å². The Balaban J connectivity index is 1.30. The number of hydrogen-bond acceptors (Lipinski definition) is 4. The molecule has 4 heteroatoms. The van der Waals surface area contributed by atoms with Crippen molar-refractivity contribution in [1.29, 1.82) is 0 Å². The van der Waals surface area contributed by atoms with Gasteiger partial charge in [0.1, 0.15) is 0 Å². The Morgan fingerprint density at radius 3 is 2.48 bits per heavy atom. The molecule has 1 aliphatic heterocycles. The number of Topliss-reactive ketones (excluding diaryl/α,β-unsaturated/α-hetero) is 1. The summed E-state index contributed by atoms with van der Waals surface area (Å²) >= 11 is 0. The van der Waals surface area contributed by atoms with Gasteiger partial charge in [-0.3, -0.25) is 9.69 Å². The molecule has 33 heavy (non-hydrogen) atoms. The molecule has 4 nitrogen and oxygen atoms in total. The number of piperidine rings is 1. The maximum atomic E-state index is 13.6. The van der Waals surface area contributed by atoms with Crippen molar-refractivity contribution < 1.29 is 14.3 Å². The molecule has 1 saturated heterocycles. The van der Waals surface area contributed by atoms with Gasteiger partial charge in [-0.2, -0.15) is 0 Å². The molecule has 2 aromatic carbocycles. The normalized spacial score (nSPS) is 22.9. The minimum atomic E-state index is 0.135. The molecule has 3 aliphatic rings. The average molecular weight is 448 g/mol. The van der Waals surface area contributed by atoms with Crippen LogP contribution in [0.3, 0.4) is 0 Å². The topological polar surface area (TPSA) is 38.8 Å². The van der Waals surface area contributed by atoms with Crippen LogP contribution >= 0.6 is 0 Å². The molecule has 0 spiro atoms. The number of rotatable bonds is 8. The molecule has 0 N–H and O–H groups in total. The van der Waals surface area contributed by atoms with Crippen LogP contribution in [0.5, 0.6) is 11.5 Å². The number of ketones is 1. The molecular weight excluding hydrogens is 410 g/mol. The van der Waals surface area contributed by atoms with Gasteiger partial charge in [-0.15, -0.1) is 0 Å². The molecule has 0 bridgehead atoms. The van der Waals surface area contributed by atoms with Crippen LogP contribution in [-0.4, -0.2) is 37.0 Å². The first-order valence-electron chi connectivity index (χ1n) is 12.9. The van der Waals surface area contributed by atoms with Gasteiger partial charge in [0.25, 0.3) is 0 Å². The second-order valence-corrected chi connectivity index (χ2v) is 9.92. The summed E-state index contributed by atoms with van der Waals surface area (Å²) in [7, 11) is 0. The molecule has 2 aromatic rings. The summed E-state index contributed by atoms with van der Waals surface area (Å²) in [5.74, 6) is 3.16. The molecule has 2 aliphatic carbocycles. The van der Waals surface area contributed by atoms with Gasteiger partial charge in [0, 0.05) is 23.6 Å². The number of ether oxygens (including phenoxy) is 2. The molecule has 1 fully saturated rings. The molecule has 0 aromatic heterocycles. The van der Waals surface area contributed by atoms with E-state index < -0.39 is 0 Å². The maximum absolute atomic E-state index is 13.6. The zero-order valence-corrected chi connectivity index (χ0v) is 20.1. The van der Waals surface area contributed by atoms with Crippen molar-refractivity contribution in [3.8, 4) is 11.5 Å². The average Bonchev–Trinajstić information content (AvgIpc) is 3.10. The molecular formula is C29H37NO3. The fourth-order valence-corrected chi connectivity index (χ4v) is 6.43. The number of carbonyl (C=O) groups excluding carboxylic acids is 1. The van der Waals surface area contributed by atoms with Crippen molar-refractivity contribution in [2.45, 2.75) is 64.8 Å². The first-order chi connectivity index (χ1) is 16.2. The second kappa shape index (κ2) is 9.89. The minimum Gasteiger partial charge on any atom is -0.490 e. The van der Waals surface area contributed by atoms with Gasteiger partial charge in [0.05, 0.1) is 13.2 Å². The van der Waals surface area contributed by atoms with Crippen molar-refractivity contribution in [1.82, 2.24) is 4.90 Å². The van der Waals surface area contributed by atoms with E-state index in [0.717, 1.165) is 62.4 Å². The highest BCUT2D eigenvalue weighted by Crippen LogP contribution is 2.53. The Morgan fingerprint density at radius 2 is 1.76 bits per heavy atom. The van der Waals surface area contributed by atoms with Gasteiger partial charge in [-0.05, 0) is 94.5 Å². The van der Waals surface area contributed by atoms with Gasteiger partial charge < -0.3 is 9.47 Å². The Hall–Kier alpha value is -2.33. The Kier molecular flexibility index (Phi) is 6.73. The van der Waals surface area contributed by atoms with E-state index in [9.17, 15) is 4.79 Å². The highest BCUT2D eigenvalue weighted by molar-refractivity contribution is 6.04. The Morgan fingerprint density at radius 1 is 1.00 bits per heavy atom. The third kappa shape index (κ3) is 4.42. The van der Waals surface area contributed by atoms with Gasteiger partial charge in [-0.1, -0.05) is 30.3 Å². The van der Waals surface area contributed by atoms with E-state index in [2.05, 4.69) is 35.2 Å². The number of likely N-dealkylation sites (tertiary alicyclic amines) is 1. The van der Waals surface area contributed by atoms with Gasteiger partial charge in [-0.25, -0.2) is 0 Å². The number of nitrogens with zero attached hydrogens (tertiary/aromatic N) is 1. The summed E-state index contributed by atoms with van der Waals surface area (Å²) in [4.78, 5) is 16.2. The van der Waals surface area contributed by atoms with E-state index >= 15 is 0 Å². The SMILES string of the molecule is CCOc1cc2c3c(c1OCC)CCCC3C(CC1CCN(Cc3ccccc3)CC1)C2=O. The molecule has 1 heterocycles. The number of hydrogen-bond donors (Lipinski definition) is 0. The predicted molar refractivity (Wildman–Crippen MR) is 131 cm³/mol. The molecule has 2 atom stereocenters. The fraction of sp³-hybridized carbons (Fsp3) is 0.552. The molecule has 2 unspecified atom stereocenters. The summed E-state index contributed by atoms with van der Waals surface area (Å²) < 4.78 is 12.0. The van der Waals surface area contributed by atoms with Crippen LogP contribution in [-0.2, 0) is 13.0 Å². The Labute approximate surface area is 198 Å². The first kappa shape index (κ1) is 22.5. The summed E-state index contributed by atoms with van der Waals surface area (Å²) in [6, 6.07) is 12.8. The lowest BCUT2D eigenvalue weighted by molar-refractivity contribution is 0.0870. The summed E-state index contributed by atoms with van der Waals surface area (Å²) in [6.07, 6.45) is 6.68. The third-order valence-corrected chi connectivity index (χ3v) is 7.92. The van der Waals surface area contributed by atoms with Crippen LogP contribution in [0.4, 0.5) is 0 Å². The lowest BCUT2D eigenvalue weighted by Gasteiger charge is -2.34. The van der Waals surface area contributed by atoms with Crippen LogP contribution in [0.15, 0.2) is 36.4 Å². The summed E-state index contributed by atoms with van der Waals surface area (Å²) in [5.41, 5.74) is 4.86. The molecule has 0 radical (unpaired) electrons. The summed E-state index contributed by atoms with van der Waals surface area (Å²) in [5, 5.41) is 0. The monoisotopic (exact) mass is 447 g/mol. The van der Waals surface area contributed by atoms with Crippen molar-refractivity contribution in [2.24, 2.45) is 11.8 Å². The lowest BCUT2D eigenvalue weighted by Crippen LogP contribution is -2.34. The van der Waals surface area contributed by atoms with E-state index in [4.69, 9.17) is 9.47 Å². The maximum Gasteiger partial charge on any atom is 0.167 e. The third-order valence-electron chi connectivity index (χ3n) is 7.92. The van der Waals surface area contributed by atoms with Crippen molar-refractivity contribution in [3.05, 3.63) is 58.7 Å². The van der Waals surface area contributed by atoms with E-state index in [1.54, 1.807) is 0 Å². The minimum absolute atomic E-state index is 0.135. The smallest absolute Gasteiger partial charge is 0.167 e. The largest absolute Gasteiger partial charge is 0.490 e. The lowest BCUT2D eigenvalue weighted by atomic mass is 9.75. The first-order valence-corrected chi connectivity index (χ1v) is 12.9. The molecule has 176 valence electrons. The van der Waals surface area contributed by atoms with Crippen LogP contribution < -0.4 is 9.47 Å². The number of benzene rings is 2. The highest BCUT2D eigenvalue weighted by Gasteiger charge is 2.45. The van der Waals surface area contributed by atoms with Gasteiger partial charge >= 0.3 is 0 Å². The number of carbonyl (C=O) groups is 1. The fourth-order valence-electron chi connectivity index (χ4n) is 6.43. The zero-order valence-electron chi connectivity index (χ0n) is 20.1. The van der Waals surface area contributed by atoms with Crippen LogP contribution in [0.2, 0.25) is 0 Å². The zero-order chi connectivity index (χ0) is 22.8.